The molecule has 0 unspecified atom stereocenters. The molecule has 0 bridgehead atoms. The van der Waals surface area contributed by atoms with Crippen LogP contribution in [0.3, 0.4) is 0 Å². The molecule has 3 aromatic heterocycles. The van der Waals surface area contributed by atoms with Crippen LogP contribution in [0.2, 0.25) is 0 Å². The largest absolute Gasteiger partial charge is 0.467 e. The van der Waals surface area contributed by atoms with E-state index < -0.39 is 0 Å². The van der Waals surface area contributed by atoms with Gasteiger partial charge in [-0.25, -0.2) is 4.98 Å². The first-order valence-corrected chi connectivity index (χ1v) is 10.9. The van der Waals surface area contributed by atoms with Crippen LogP contribution in [0.5, 0.6) is 0 Å². The molecule has 148 valence electrons. The van der Waals surface area contributed by atoms with Crippen molar-refractivity contribution >= 4 is 51.6 Å². The molecule has 0 radical (unpaired) electrons. The minimum absolute atomic E-state index is 0.116. The number of H-pyrrole nitrogens is 1. The highest BCUT2D eigenvalue weighted by molar-refractivity contribution is 7.99. The van der Waals surface area contributed by atoms with Crippen LogP contribution in [-0.4, -0.2) is 26.2 Å². The third-order valence-electron chi connectivity index (χ3n) is 4.09. The predicted molar refractivity (Wildman–Crippen MR) is 116 cm³/mol. The summed E-state index contributed by atoms with van der Waals surface area (Å²) in [6.45, 7) is 2.32. The average Bonchev–Trinajstić information content (AvgIpc) is 3.33. The van der Waals surface area contributed by atoms with Gasteiger partial charge in [0.25, 0.3) is 5.56 Å². The summed E-state index contributed by atoms with van der Waals surface area (Å²) in [5.41, 5.74) is 2.20. The van der Waals surface area contributed by atoms with Crippen molar-refractivity contribution in [2.75, 3.05) is 5.75 Å². The van der Waals surface area contributed by atoms with Crippen molar-refractivity contribution in [3.05, 3.63) is 68.3 Å². The van der Waals surface area contributed by atoms with Crippen molar-refractivity contribution in [3.63, 3.8) is 0 Å². The summed E-state index contributed by atoms with van der Waals surface area (Å²) in [6, 6.07) is 11.4. The van der Waals surface area contributed by atoms with Gasteiger partial charge in [-0.2, -0.15) is 0 Å². The molecule has 4 rings (SSSR count). The van der Waals surface area contributed by atoms with Gasteiger partial charge in [0, 0.05) is 5.69 Å². The Morgan fingerprint density at radius 1 is 1.34 bits per heavy atom. The summed E-state index contributed by atoms with van der Waals surface area (Å²) < 4.78 is 7.97. The fourth-order valence-electron chi connectivity index (χ4n) is 2.67. The van der Waals surface area contributed by atoms with Crippen LogP contribution < -0.4 is 10.9 Å². The molecule has 1 amide bonds. The SMILES string of the molecule is Cc1ccc(-n2c(=S)sc3c(=O)[nH]c(SCC(=O)NCc4ccco4)nc32)cc1. The number of thiazole rings is 1. The third-order valence-corrected chi connectivity index (χ3v) is 6.33. The van der Waals surface area contributed by atoms with Crippen LogP contribution in [0.25, 0.3) is 16.0 Å². The Labute approximate surface area is 178 Å². The highest BCUT2D eigenvalue weighted by Crippen LogP contribution is 2.24. The Morgan fingerprint density at radius 3 is 2.86 bits per heavy atom. The number of benzene rings is 1. The maximum atomic E-state index is 12.5. The van der Waals surface area contributed by atoms with E-state index in [9.17, 15) is 9.59 Å². The minimum Gasteiger partial charge on any atom is -0.467 e. The molecular weight excluding hydrogens is 428 g/mol. The third kappa shape index (κ3) is 4.34. The Hall–Kier alpha value is -2.69. The number of nitrogens with one attached hydrogen (secondary N) is 2. The molecule has 2 N–H and O–H groups in total. The molecule has 3 heterocycles. The second kappa shape index (κ2) is 8.36. The molecular formula is C19H16N4O3S3. The standard InChI is InChI=1S/C19H16N4O3S3/c1-11-4-6-12(7-5-11)23-16-15(29-19(23)27)17(25)22-18(21-16)28-10-14(24)20-9-13-3-2-8-26-13/h2-8H,9-10H2,1H3,(H,20,24)(H,21,22,25). The van der Waals surface area contributed by atoms with Gasteiger partial charge >= 0.3 is 0 Å². The summed E-state index contributed by atoms with van der Waals surface area (Å²) in [5.74, 6) is 0.603. The molecule has 4 aromatic rings. The number of amides is 1. The summed E-state index contributed by atoms with van der Waals surface area (Å²) >= 11 is 7.83. The topological polar surface area (TPSA) is 92.9 Å². The number of hydrogen-bond donors (Lipinski definition) is 2. The number of rotatable bonds is 6. The van der Waals surface area contributed by atoms with Crippen LogP contribution >= 0.6 is 35.3 Å². The van der Waals surface area contributed by atoms with E-state index in [1.54, 1.807) is 23.0 Å². The van der Waals surface area contributed by atoms with Crippen molar-refractivity contribution in [3.8, 4) is 5.69 Å². The quantitative estimate of drug-likeness (QED) is 0.267. The van der Waals surface area contributed by atoms with Gasteiger partial charge in [-0.05, 0) is 43.4 Å². The van der Waals surface area contributed by atoms with Crippen molar-refractivity contribution < 1.29 is 9.21 Å². The van der Waals surface area contributed by atoms with Crippen LogP contribution in [0.1, 0.15) is 11.3 Å². The smallest absolute Gasteiger partial charge is 0.271 e. The van der Waals surface area contributed by atoms with E-state index in [1.165, 1.54) is 11.3 Å². The lowest BCUT2D eigenvalue weighted by molar-refractivity contribution is -0.118. The van der Waals surface area contributed by atoms with E-state index in [1.807, 2.05) is 31.2 Å². The second-order valence-corrected chi connectivity index (χ2v) is 8.82. The molecule has 0 aliphatic heterocycles. The molecule has 29 heavy (non-hydrogen) atoms. The molecule has 0 spiro atoms. The lowest BCUT2D eigenvalue weighted by atomic mass is 10.2. The zero-order valence-corrected chi connectivity index (χ0v) is 17.7. The van der Waals surface area contributed by atoms with Gasteiger partial charge in [0.05, 0.1) is 18.6 Å². The monoisotopic (exact) mass is 444 g/mol. The fourth-order valence-corrected chi connectivity index (χ4v) is 4.62. The first-order valence-electron chi connectivity index (χ1n) is 8.66. The van der Waals surface area contributed by atoms with Crippen LogP contribution in [0.15, 0.2) is 57.0 Å². The number of carbonyl (C=O) groups is 1. The Bertz CT molecular complexity index is 1270. The molecule has 0 fully saturated rings. The second-order valence-electron chi connectivity index (χ2n) is 6.21. The first-order chi connectivity index (χ1) is 14.0. The Morgan fingerprint density at radius 2 is 2.14 bits per heavy atom. The predicted octanol–water partition coefficient (Wildman–Crippen LogP) is 3.81. The number of hydrogen-bond acceptors (Lipinski definition) is 7. The zero-order chi connectivity index (χ0) is 20.4. The number of nitrogens with zero attached hydrogens (tertiary/aromatic N) is 2. The van der Waals surface area contributed by atoms with Crippen molar-refractivity contribution in [2.24, 2.45) is 0 Å². The fraction of sp³-hybridized carbons (Fsp3) is 0.158. The van der Waals surface area contributed by atoms with E-state index in [2.05, 4.69) is 15.3 Å². The van der Waals surface area contributed by atoms with Gasteiger partial charge in [-0.3, -0.25) is 14.2 Å². The summed E-state index contributed by atoms with van der Waals surface area (Å²) in [4.78, 5) is 31.9. The van der Waals surface area contributed by atoms with E-state index in [0.717, 1.165) is 23.0 Å². The van der Waals surface area contributed by atoms with Gasteiger partial charge in [0.2, 0.25) is 5.91 Å². The van der Waals surface area contributed by atoms with Crippen molar-refractivity contribution in [1.82, 2.24) is 19.9 Å². The number of carbonyl (C=O) groups excluding carboxylic acids is 1. The van der Waals surface area contributed by atoms with Gasteiger partial charge in [-0.15, -0.1) is 0 Å². The minimum atomic E-state index is -0.268. The van der Waals surface area contributed by atoms with Crippen LogP contribution in [0.4, 0.5) is 0 Å². The van der Waals surface area contributed by atoms with Gasteiger partial charge in [0.1, 0.15) is 10.5 Å². The van der Waals surface area contributed by atoms with E-state index in [4.69, 9.17) is 16.6 Å². The molecule has 0 atom stereocenters. The van der Waals surface area contributed by atoms with Crippen molar-refractivity contribution in [2.45, 2.75) is 18.6 Å². The molecule has 0 aliphatic rings. The van der Waals surface area contributed by atoms with Gasteiger partial charge in [0.15, 0.2) is 14.8 Å². The van der Waals surface area contributed by atoms with Crippen LogP contribution in [0, 0.1) is 10.9 Å². The Balaban J connectivity index is 1.57. The van der Waals surface area contributed by atoms with Gasteiger partial charge < -0.3 is 14.7 Å². The Kier molecular flexibility index (Phi) is 5.65. The molecule has 1 aromatic carbocycles. The number of aromatic nitrogens is 3. The number of aryl methyl sites for hydroxylation is 1. The molecule has 10 heteroatoms. The van der Waals surface area contributed by atoms with Gasteiger partial charge in [-0.1, -0.05) is 40.8 Å². The lowest BCUT2D eigenvalue weighted by Gasteiger charge is -2.06. The molecule has 0 aliphatic carbocycles. The maximum absolute atomic E-state index is 12.5. The number of fused-ring (bicyclic) bond motifs is 1. The highest BCUT2D eigenvalue weighted by atomic mass is 32.2. The van der Waals surface area contributed by atoms with Crippen molar-refractivity contribution in [1.29, 1.82) is 0 Å². The maximum Gasteiger partial charge on any atom is 0.271 e. The summed E-state index contributed by atoms with van der Waals surface area (Å²) in [6.07, 6.45) is 1.55. The summed E-state index contributed by atoms with van der Waals surface area (Å²) in [5, 5.41) is 3.13. The lowest BCUT2D eigenvalue weighted by Crippen LogP contribution is -2.24. The van der Waals surface area contributed by atoms with Crippen LogP contribution in [-0.2, 0) is 11.3 Å². The normalized spacial score (nSPS) is 11.1. The number of furan rings is 1. The zero-order valence-electron chi connectivity index (χ0n) is 15.3. The number of aromatic amines is 1. The molecule has 0 saturated carbocycles. The molecule has 0 saturated heterocycles. The van der Waals surface area contributed by atoms with E-state index in [-0.39, 0.29) is 17.2 Å². The highest BCUT2D eigenvalue weighted by Gasteiger charge is 2.14. The number of thioether (sulfide) groups is 1. The molecule has 7 nitrogen and oxygen atoms in total. The van der Waals surface area contributed by atoms with E-state index in [0.29, 0.717) is 31.8 Å². The summed E-state index contributed by atoms with van der Waals surface area (Å²) in [7, 11) is 0. The first kappa shape index (κ1) is 19.6. The van der Waals surface area contributed by atoms with E-state index >= 15 is 0 Å². The average molecular weight is 445 g/mol.